The largest absolute Gasteiger partial charge is 0.493 e. The van der Waals surface area contributed by atoms with E-state index in [1.54, 1.807) is 28.9 Å². The molecule has 0 aliphatic rings. The summed E-state index contributed by atoms with van der Waals surface area (Å²) in [7, 11) is 3.05. The molecule has 0 radical (unpaired) electrons. The van der Waals surface area contributed by atoms with Crippen LogP contribution >= 0.6 is 0 Å². The molecule has 0 saturated carbocycles. The minimum atomic E-state index is -0.347. The highest BCUT2D eigenvalue weighted by molar-refractivity contribution is 5.98. The molecule has 1 heterocycles. The molecule has 0 aliphatic carbocycles. The minimum absolute atomic E-state index is 0.152. The van der Waals surface area contributed by atoms with Gasteiger partial charge in [-0.2, -0.15) is 5.10 Å². The number of hydrogen-bond acceptors (Lipinski definition) is 5. The molecule has 0 atom stereocenters. The van der Waals surface area contributed by atoms with Crippen LogP contribution in [-0.2, 0) is 11.3 Å². The van der Waals surface area contributed by atoms with E-state index in [9.17, 15) is 9.59 Å². The highest BCUT2D eigenvalue weighted by Crippen LogP contribution is 2.29. The Kier molecular flexibility index (Phi) is 5.99. The van der Waals surface area contributed by atoms with Gasteiger partial charge in [0.1, 0.15) is 5.69 Å². The van der Waals surface area contributed by atoms with Crippen molar-refractivity contribution in [1.82, 2.24) is 15.1 Å². The number of rotatable bonds is 7. The average molecular weight is 346 g/mol. The van der Waals surface area contributed by atoms with Crippen molar-refractivity contribution in [2.75, 3.05) is 26.1 Å². The van der Waals surface area contributed by atoms with Crippen LogP contribution in [-0.4, -0.2) is 42.4 Å². The zero-order valence-corrected chi connectivity index (χ0v) is 14.8. The first-order valence-electron chi connectivity index (χ1n) is 7.83. The maximum Gasteiger partial charge on any atom is 0.269 e. The number of nitrogens with one attached hydrogen (secondary N) is 2. The monoisotopic (exact) mass is 346 g/mol. The SMILES string of the molecule is CCn1nc(C)cc1C(=O)NCC(=O)Nc1ccc(OC)c(OC)c1. The van der Waals surface area contributed by atoms with Crippen molar-refractivity contribution in [3.63, 3.8) is 0 Å². The van der Waals surface area contributed by atoms with Gasteiger partial charge in [0, 0.05) is 18.3 Å². The van der Waals surface area contributed by atoms with Crippen molar-refractivity contribution in [1.29, 1.82) is 0 Å². The van der Waals surface area contributed by atoms with Gasteiger partial charge in [0.15, 0.2) is 11.5 Å². The van der Waals surface area contributed by atoms with Crippen molar-refractivity contribution in [3.05, 3.63) is 35.7 Å². The Balaban J connectivity index is 1.95. The molecule has 2 aromatic rings. The van der Waals surface area contributed by atoms with Gasteiger partial charge >= 0.3 is 0 Å². The fourth-order valence-corrected chi connectivity index (χ4v) is 2.34. The number of carbonyl (C=O) groups excluding carboxylic acids is 2. The molecule has 2 N–H and O–H groups in total. The van der Waals surface area contributed by atoms with E-state index in [1.165, 1.54) is 14.2 Å². The predicted molar refractivity (Wildman–Crippen MR) is 93.1 cm³/mol. The number of ether oxygens (including phenoxy) is 2. The van der Waals surface area contributed by atoms with Crippen molar-refractivity contribution >= 4 is 17.5 Å². The molecule has 1 aromatic carbocycles. The van der Waals surface area contributed by atoms with Crippen LogP contribution in [0, 0.1) is 6.92 Å². The van der Waals surface area contributed by atoms with E-state index in [2.05, 4.69) is 15.7 Å². The number of anilines is 1. The second-order valence-corrected chi connectivity index (χ2v) is 5.29. The number of nitrogens with zero attached hydrogens (tertiary/aromatic N) is 2. The van der Waals surface area contributed by atoms with Crippen molar-refractivity contribution in [3.8, 4) is 11.5 Å². The number of hydrogen-bond donors (Lipinski definition) is 2. The third-order valence-corrected chi connectivity index (χ3v) is 3.51. The number of methoxy groups -OCH3 is 2. The molecule has 0 aliphatic heterocycles. The fraction of sp³-hybridized carbons (Fsp3) is 0.353. The van der Waals surface area contributed by atoms with E-state index >= 15 is 0 Å². The lowest BCUT2D eigenvalue weighted by molar-refractivity contribution is -0.115. The Bertz CT molecular complexity index is 770. The van der Waals surface area contributed by atoms with Crippen LogP contribution in [0.25, 0.3) is 0 Å². The molecule has 8 nitrogen and oxygen atoms in total. The molecule has 0 bridgehead atoms. The smallest absolute Gasteiger partial charge is 0.269 e. The second-order valence-electron chi connectivity index (χ2n) is 5.29. The van der Waals surface area contributed by atoms with E-state index < -0.39 is 0 Å². The van der Waals surface area contributed by atoms with E-state index in [0.29, 0.717) is 29.4 Å². The quantitative estimate of drug-likeness (QED) is 0.794. The lowest BCUT2D eigenvalue weighted by atomic mass is 10.2. The molecule has 1 aromatic heterocycles. The van der Waals surface area contributed by atoms with Crippen molar-refractivity contribution < 1.29 is 19.1 Å². The van der Waals surface area contributed by atoms with Crippen LogP contribution in [0.15, 0.2) is 24.3 Å². The van der Waals surface area contributed by atoms with Gasteiger partial charge in [-0.1, -0.05) is 0 Å². The maximum absolute atomic E-state index is 12.2. The Morgan fingerprint density at radius 2 is 1.88 bits per heavy atom. The normalized spacial score (nSPS) is 10.2. The average Bonchev–Trinajstić information content (AvgIpc) is 3.00. The molecule has 2 rings (SSSR count). The molecular weight excluding hydrogens is 324 g/mol. The van der Waals surface area contributed by atoms with Gasteiger partial charge in [-0.15, -0.1) is 0 Å². The molecule has 134 valence electrons. The van der Waals surface area contributed by atoms with Gasteiger partial charge < -0.3 is 20.1 Å². The van der Waals surface area contributed by atoms with Gasteiger partial charge in [0.05, 0.1) is 26.5 Å². The van der Waals surface area contributed by atoms with Crippen LogP contribution in [0.2, 0.25) is 0 Å². The van der Waals surface area contributed by atoms with E-state index in [0.717, 1.165) is 5.69 Å². The predicted octanol–water partition coefficient (Wildman–Crippen LogP) is 1.60. The van der Waals surface area contributed by atoms with Gasteiger partial charge in [-0.25, -0.2) is 0 Å². The fourth-order valence-electron chi connectivity index (χ4n) is 2.34. The summed E-state index contributed by atoms with van der Waals surface area (Å²) in [5, 5.41) is 9.50. The lowest BCUT2D eigenvalue weighted by Gasteiger charge is -2.11. The summed E-state index contributed by atoms with van der Waals surface area (Å²) in [4.78, 5) is 24.2. The molecule has 25 heavy (non-hydrogen) atoms. The third-order valence-electron chi connectivity index (χ3n) is 3.51. The molecule has 0 spiro atoms. The Morgan fingerprint density at radius 1 is 1.16 bits per heavy atom. The summed E-state index contributed by atoms with van der Waals surface area (Å²) in [6.45, 7) is 4.13. The van der Waals surface area contributed by atoms with Crippen LogP contribution in [0.1, 0.15) is 23.1 Å². The topological polar surface area (TPSA) is 94.5 Å². The molecular formula is C17H22N4O4. The van der Waals surface area contributed by atoms with Crippen LogP contribution in [0.5, 0.6) is 11.5 Å². The molecule has 0 unspecified atom stereocenters. The Morgan fingerprint density at radius 3 is 2.52 bits per heavy atom. The highest BCUT2D eigenvalue weighted by atomic mass is 16.5. The minimum Gasteiger partial charge on any atom is -0.493 e. The molecule has 0 fully saturated rings. The van der Waals surface area contributed by atoms with Crippen LogP contribution in [0.4, 0.5) is 5.69 Å². The number of benzene rings is 1. The van der Waals surface area contributed by atoms with Gasteiger partial charge in [-0.05, 0) is 32.0 Å². The van der Waals surface area contributed by atoms with Crippen molar-refractivity contribution in [2.45, 2.75) is 20.4 Å². The first-order valence-corrected chi connectivity index (χ1v) is 7.83. The highest BCUT2D eigenvalue weighted by Gasteiger charge is 2.14. The summed E-state index contributed by atoms with van der Waals surface area (Å²) in [6, 6.07) is 6.71. The number of amides is 2. The first kappa shape index (κ1) is 18.3. The van der Waals surface area contributed by atoms with E-state index in [-0.39, 0.29) is 18.4 Å². The first-order chi connectivity index (χ1) is 12.0. The van der Waals surface area contributed by atoms with E-state index in [1.807, 2.05) is 13.8 Å². The summed E-state index contributed by atoms with van der Waals surface area (Å²) < 4.78 is 11.9. The summed E-state index contributed by atoms with van der Waals surface area (Å²) >= 11 is 0. The third kappa shape index (κ3) is 4.50. The second kappa shape index (κ2) is 8.18. The Labute approximate surface area is 146 Å². The number of carbonyl (C=O) groups is 2. The molecule has 0 saturated heterocycles. The summed E-state index contributed by atoms with van der Waals surface area (Å²) in [5.41, 5.74) is 1.73. The number of aromatic nitrogens is 2. The molecule has 2 amide bonds. The van der Waals surface area contributed by atoms with Gasteiger partial charge in [0.2, 0.25) is 5.91 Å². The van der Waals surface area contributed by atoms with Crippen LogP contribution < -0.4 is 20.1 Å². The zero-order valence-electron chi connectivity index (χ0n) is 14.8. The summed E-state index contributed by atoms with van der Waals surface area (Å²) in [6.07, 6.45) is 0. The standard InChI is InChI=1S/C17H22N4O4/c1-5-21-13(8-11(2)20-21)17(23)18-10-16(22)19-12-6-7-14(24-3)15(9-12)25-4/h6-9H,5,10H2,1-4H3,(H,18,23)(H,19,22). The van der Waals surface area contributed by atoms with Gasteiger partial charge in [0.25, 0.3) is 5.91 Å². The Hall–Kier alpha value is -3.03. The molecule has 8 heteroatoms. The van der Waals surface area contributed by atoms with E-state index in [4.69, 9.17) is 9.47 Å². The maximum atomic E-state index is 12.2. The van der Waals surface area contributed by atoms with Gasteiger partial charge in [-0.3, -0.25) is 14.3 Å². The van der Waals surface area contributed by atoms with Crippen LogP contribution in [0.3, 0.4) is 0 Å². The lowest BCUT2D eigenvalue weighted by Crippen LogP contribution is -2.34. The van der Waals surface area contributed by atoms with Crippen molar-refractivity contribution in [2.24, 2.45) is 0 Å². The number of aryl methyl sites for hydroxylation is 2. The zero-order chi connectivity index (χ0) is 18.4. The summed E-state index contributed by atoms with van der Waals surface area (Å²) in [5.74, 6) is 0.383.